The molecule has 0 aliphatic carbocycles. The monoisotopic (exact) mass is 241 g/mol. The Hall–Kier alpha value is -1.29. The van der Waals surface area contributed by atoms with Crippen LogP contribution in [0, 0.1) is 5.92 Å². The number of aromatic nitrogens is 1. The topological polar surface area (TPSA) is 54.0 Å². The van der Waals surface area contributed by atoms with Crippen LogP contribution in [0.5, 0.6) is 0 Å². The number of carbonyl (C=O) groups excluding carboxylic acids is 1. The second-order valence-corrected chi connectivity index (χ2v) is 4.10. The minimum absolute atomic E-state index is 0.220. The maximum absolute atomic E-state index is 11.5. The van der Waals surface area contributed by atoms with E-state index in [1.54, 1.807) is 18.3 Å². The molecule has 2 N–H and O–H groups in total. The summed E-state index contributed by atoms with van der Waals surface area (Å²) in [6.07, 6.45) is 2.59. The first-order chi connectivity index (χ1) is 7.61. The van der Waals surface area contributed by atoms with E-state index in [0.29, 0.717) is 23.3 Å². The van der Waals surface area contributed by atoms with Crippen molar-refractivity contribution in [2.75, 3.05) is 11.9 Å². The van der Waals surface area contributed by atoms with Crippen LogP contribution in [0.15, 0.2) is 18.3 Å². The highest BCUT2D eigenvalue weighted by Gasteiger charge is 2.04. The Morgan fingerprint density at radius 2 is 2.38 bits per heavy atom. The van der Waals surface area contributed by atoms with Crippen LogP contribution in [0.4, 0.5) is 10.5 Å². The molecule has 0 aromatic carbocycles. The minimum Gasteiger partial charge on any atom is -0.338 e. The molecule has 1 heterocycles. The Balaban J connectivity index is 2.40. The van der Waals surface area contributed by atoms with Gasteiger partial charge in [-0.25, -0.2) is 9.78 Å². The second kappa shape index (κ2) is 6.33. The number of halogens is 1. The van der Waals surface area contributed by atoms with Crippen LogP contribution in [0.1, 0.15) is 20.3 Å². The fraction of sp³-hybridized carbons (Fsp3) is 0.455. The summed E-state index contributed by atoms with van der Waals surface area (Å²) in [7, 11) is 0. The summed E-state index contributed by atoms with van der Waals surface area (Å²) >= 11 is 5.70. The van der Waals surface area contributed by atoms with Gasteiger partial charge in [-0.2, -0.15) is 0 Å². The highest BCUT2D eigenvalue weighted by molar-refractivity contribution is 6.29. The predicted molar refractivity (Wildman–Crippen MR) is 65.7 cm³/mol. The van der Waals surface area contributed by atoms with Gasteiger partial charge in [0.15, 0.2) is 0 Å². The highest BCUT2D eigenvalue weighted by atomic mass is 35.5. The van der Waals surface area contributed by atoms with E-state index in [1.165, 1.54) is 0 Å². The molecule has 0 radical (unpaired) electrons. The third-order valence-corrected chi connectivity index (χ3v) is 2.50. The smallest absolute Gasteiger partial charge is 0.319 e. The van der Waals surface area contributed by atoms with E-state index in [0.717, 1.165) is 6.42 Å². The molecule has 0 fully saturated rings. The molecule has 5 heteroatoms. The van der Waals surface area contributed by atoms with Crippen LogP contribution in [-0.2, 0) is 0 Å². The van der Waals surface area contributed by atoms with Crippen LogP contribution >= 0.6 is 11.6 Å². The summed E-state index contributed by atoms with van der Waals surface area (Å²) in [5.41, 5.74) is 0.640. The van der Waals surface area contributed by atoms with Crippen molar-refractivity contribution in [2.24, 2.45) is 5.92 Å². The van der Waals surface area contributed by atoms with Crippen LogP contribution in [0.3, 0.4) is 0 Å². The Labute approximate surface area is 100 Å². The standard InChI is InChI=1S/C11H16ClN3O/c1-3-8(2)7-14-11(16)15-9-4-5-13-10(12)6-9/h4-6,8H,3,7H2,1-2H3,(H2,13,14,15,16). The molecule has 0 spiro atoms. The largest absolute Gasteiger partial charge is 0.338 e. The molecule has 0 aliphatic rings. The number of anilines is 1. The predicted octanol–water partition coefficient (Wildman–Crippen LogP) is 2.90. The molecule has 88 valence electrons. The van der Waals surface area contributed by atoms with Gasteiger partial charge in [-0.3, -0.25) is 0 Å². The number of hydrogen-bond donors (Lipinski definition) is 2. The van der Waals surface area contributed by atoms with Crippen molar-refractivity contribution in [1.82, 2.24) is 10.3 Å². The number of carbonyl (C=O) groups is 1. The Kier molecular flexibility index (Phi) is 5.05. The van der Waals surface area contributed by atoms with E-state index in [2.05, 4.69) is 29.5 Å². The SMILES string of the molecule is CCC(C)CNC(=O)Nc1ccnc(Cl)c1. The van der Waals surface area contributed by atoms with E-state index in [-0.39, 0.29) is 6.03 Å². The number of urea groups is 1. The van der Waals surface area contributed by atoms with E-state index in [9.17, 15) is 4.79 Å². The van der Waals surface area contributed by atoms with Crippen molar-refractivity contribution < 1.29 is 4.79 Å². The van der Waals surface area contributed by atoms with Gasteiger partial charge in [-0.1, -0.05) is 31.9 Å². The maximum atomic E-state index is 11.5. The lowest BCUT2D eigenvalue weighted by molar-refractivity contribution is 0.250. The fourth-order valence-electron chi connectivity index (χ4n) is 1.07. The van der Waals surface area contributed by atoms with E-state index >= 15 is 0 Å². The number of amides is 2. The Morgan fingerprint density at radius 3 is 3.00 bits per heavy atom. The zero-order valence-electron chi connectivity index (χ0n) is 9.46. The number of rotatable bonds is 4. The first kappa shape index (κ1) is 12.8. The number of nitrogens with one attached hydrogen (secondary N) is 2. The third kappa shape index (κ3) is 4.49. The van der Waals surface area contributed by atoms with Gasteiger partial charge in [-0.15, -0.1) is 0 Å². The summed E-state index contributed by atoms with van der Waals surface area (Å²) in [5, 5.41) is 5.84. The first-order valence-electron chi connectivity index (χ1n) is 5.28. The molecule has 1 rings (SSSR count). The minimum atomic E-state index is -0.220. The molecule has 0 bridgehead atoms. The summed E-state index contributed by atoms with van der Waals surface area (Å²) in [5.74, 6) is 0.478. The normalized spacial score (nSPS) is 11.9. The highest BCUT2D eigenvalue weighted by Crippen LogP contribution is 2.11. The average molecular weight is 242 g/mol. The number of nitrogens with zero attached hydrogens (tertiary/aromatic N) is 1. The molecule has 1 aromatic heterocycles. The lowest BCUT2D eigenvalue weighted by Crippen LogP contribution is -2.32. The van der Waals surface area contributed by atoms with Gasteiger partial charge in [0.2, 0.25) is 0 Å². The van der Waals surface area contributed by atoms with Crippen LogP contribution in [-0.4, -0.2) is 17.6 Å². The molecule has 2 amide bonds. The summed E-state index contributed by atoms with van der Waals surface area (Å²) in [6, 6.07) is 3.07. The van der Waals surface area contributed by atoms with Crippen molar-refractivity contribution in [3.8, 4) is 0 Å². The van der Waals surface area contributed by atoms with Gasteiger partial charge in [-0.05, 0) is 18.1 Å². The van der Waals surface area contributed by atoms with Crippen molar-refractivity contribution in [3.05, 3.63) is 23.5 Å². The molecular weight excluding hydrogens is 226 g/mol. The molecule has 1 unspecified atom stereocenters. The summed E-state index contributed by atoms with van der Waals surface area (Å²) < 4.78 is 0. The fourth-order valence-corrected chi connectivity index (χ4v) is 1.24. The van der Waals surface area contributed by atoms with Gasteiger partial charge >= 0.3 is 6.03 Å². The van der Waals surface area contributed by atoms with E-state index in [1.807, 2.05) is 0 Å². The quantitative estimate of drug-likeness (QED) is 0.797. The van der Waals surface area contributed by atoms with Crippen LogP contribution in [0.25, 0.3) is 0 Å². The van der Waals surface area contributed by atoms with Crippen molar-refractivity contribution in [2.45, 2.75) is 20.3 Å². The van der Waals surface area contributed by atoms with Crippen molar-refractivity contribution in [1.29, 1.82) is 0 Å². The lowest BCUT2D eigenvalue weighted by atomic mass is 10.1. The Bertz CT molecular complexity index is 357. The number of pyridine rings is 1. The Morgan fingerprint density at radius 1 is 1.62 bits per heavy atom. The van der Waals surface area contributed by atoms with Crippen molar-refractivity contribution in [3.63, 3.8) is 0 Å². The van der Waals surface area contributed by atoms with Crippen molar-refractivity contribution >= 4 is 23.3 Å². The van der Waals surface area contributed by atoms with Crippen LogP contribution < -0.4 is 10.6 Å². The van der Waals surface area contributed by atoms with E-state index in [4.69, 9.17) is 11.6 Å². The molecule has 1 aromatic rings. The zero-order valence-corrected chi connectivity index (χ0v) is 10.2. The molecule has 1 atom stereocenters. The van der Waals surface area contributed by atoms with E-state index < -0.39 is 0 Å². The molecular formula is C11H16ClN3O. The maximum Gasteiger partial charge on any atom is 0.319 e. The van der Waals surface area contributed by atoms with Gasteiger partial charge in [0, 0.05) is 18.4 Å². The van der Waals surface area contributed by atoms with Gasteiger partial charge in [0.05, 0.1) is 0 Å². The van der Waals surface area contributed by atoms with Gasteiger partial charge in [0.25, 0.3) is 0 Å². The molecule has 16 heavy (non-hydrogen) atoms. The summed E-state index contributed by atoms with van der Waals surface area (Å²) in [4.78, 5) is 15.3. The van der Waals surface area contributed by atoms with Gasteiger partial charge in [0.1, 0.15) is 5.15 Å². The molecule has 0 saturated carbocycles. The number of hydrogen-bond acceptors (Lipinski definition) is 2. The third-order valence-electron chi connectivity index (χ3n) is 2.29. The molecule has 0 saturated heterocycles. The second-order valence-electron chi connectivity index (χ2n) is 3.72. The van der Waals surface area contributed by atoms with Crippen LogP contribution in [0.2, 0.25) is 5.15 Å². The zero-order chi connectivity index (χ0) is 12.0. The van der Waals surface area contributed by atoms with Gasteiger partial charge < -0.3 is 10.6 Å². The molecule has 0 aliphatic heterocycles. The first-order valence-corrected chi connectivity index (χ1v) is 5.66. The molecule has 4 nitrogen and oxygen atoms in total. The lowest BCUT2D eigenvalue weighted by Gasteiger charge is -2.11. The average Bonchev–Trinajstić information content (AvgIpc) is 2.26. The summed E-state index contributed by atoms with van der Waals surface area (Å²) in [6.45, 7) is 4.84.